The third-order valence-corrected chi connectivity index (χ3v) is 7.99. The van der Waals surface area contributed by atoms with Crippen LogP contribution in [0, 0.1) is 17.8 Å². The number of piperidine rings is 3. The Morgan fingerprint density at radius 2 is 1.90 bits per heavy atom. The van der Waals surface area contributed by atoms with Crippen LogP contribution in [0.2, 0.25) is 0 Å². The van der Waals surface area contributed by atoms with Crippen LogP contribution in [0.5, 0.6) is 0 Å². The minimum absolute atomic E-state index is 0.111. The summed E-state index contributed by atoms with van der Waals surface area (Å²) in [7, 11) is 0. The molecule has 0 aromatic carbocycles. The molecule has 1 aromatic heterocycles. The minimum Gasteiger partial charge on any atom is -0.338 e. The second kappa shape index (κ2) is 8.08. The highest BCUT2D eigenvalue weighted by Crippen LogP contribution is 2.44. The van der Waals surface area contributed by atoms with Gasteiger partial charge in [0, 0.05) is 44.0 Å². The molecule has 5 heteroatoms. The van der Waals surface area contributed by atoms with Crippen molar-refractivity contribution in [3.05, 3.63) is 30.1 Å². The zero-order valence-corrected chi connectivity index (χ0v) is 17.3. The molecule has 0 N–H and O–H groups in total. The summed E-state index contributed by atoms with van der Waals surface area (Å²) in [6.07, 6.45) is 15.2. The van der Waals surface area contributed by atoms with Gasteiger partial charge in [-0.15, -0.1) is 0 Å². The molecule has 2 bridgehead atoms. The molecule has 4 heterocycles. The van der Waals surface area contributed by atoms with Gasteiger partial charge in [0.1, 0.15) is 0 Å². The summed E-state index contributed by atoms with van der Waals surface area (Å²) in [4.78, 5) is 34.7. The van der Waals surface area contributed by atoms with Crippen LogP contribution in [0.1, 0.15) is 74.6 Å². The molecule has 4 fully saturated rings. The van der Waals surface area contributed by atoms with E-state index in [0.29, 0.717) is 35.4 Å². The van der Waals surface area contributed by atoms with Crippen LogP contribution >= 0.6 is 0 Å². The fraction of sp³-hybridized carbons (Fsp3) is 0.708. The molecule has 0 radical (unpaired) electrons. The monoisotopic (exact) mass is 395 g/mol. The number of pyridine rings is 1. The summed E-state index contributed by atoms with van der Waals surface area (Å²) in [6.45, 7) is 1.58. The summed E-state index contributed by atoms with van der Waals surface area (Å²) in [5, 5.41) is 0. The molecule has 1 aromatic rings. The minimum atomic E-state index is 0.111. The average Bonchev–Trinajstić information content (AvgIpc) is 2.77. The smallest absolute Gasteiger partial charge is 0.255 e. The lowest BCUT2D eigenvalue weighted by Crippen LogP contribution is -2.65. The molecule has 3 aliphatic heterocycles. The summed E-state index contributed by atoms with van der Waals surface area (Å²) in [6, 6.07) is 4.38. The molecule has 1 saturated carbocycles. The average molecular weight is 396 g/mol. The zero-order chi connectivity index (χ0) is 19.8. The van der Waals surface area contributed by atoms with Gasteiger partial charge in [0.15, 0.2) is 0 Å². The standard InChI is InChI=1S/C24H33N3O2/c28-23-10-4-9-21-19-13-20(22(27(21)23)12-17-6-2-1-3-7-17)16-26(15-19)24(29)18-8-5-11-25-14-18/h5,8,11,14,17,19-22H,1-4,6-7,9-10,12-13,15-16H2/t19-,20+,21+,22+/m1/s1. The van der Waals surface area contributed by atoms with Gasteiger partial charge in [0.05, 0.1) is 5.56 Å². The van der Waals surface area contributed by atoms with Crippen molar-refractivity contribution in [1.82, 2.24) is 14.8 Å². The zero-order valence-electron chi connectivity index (χ0n) is 17.3. The quantitative estimate of drug-likeness (QED) is 0.780. The van der Waals surface area contributed by atoms with E-state index >= 15 is 0 Å². The lowest BCUT2D eigenvalue weighted by molar-refractivity contribution is -0.153. The van der Waals surface area contributed by atoms with E-state index in [-0.39, 0.29) is 5.91 Å². The number of amides is 2. The highest BCUT2D eigenvalue weighted by Gasteiger charge is 2.50. The number of nitrogens with zero attached hydrogens (tertiary/aromatic N) is 3. The van der Waals surface area contributed by atoms with Crippen molar-refractivity contribution in [2.45, 2.75) is 76.3 Å². The Balaban J connectivity index is 1.39. The van der Waals surface area contributed by atoms with Gasteiger partial charge < -0.3 is 9.80 Å². The van der Waals surface area contributed by atoms with Crippen molar-refractivity contribution in [3.63, 3.8) is 0 Å². The van der Waals surface area contributed by atoms with Crippen molar-refractivity contribution >= 4 is 11.8 Å². The summed E-state index contributed by atoms with van der Waals surface area (Å²) < 4.78 is 0. The summed E-state index contributed by atoms with van der Waals surface area (Å²) in [5.41, 5.74) is 0.688. The van der Waals surface area contributed by atoms with Crippen LogP contribution in [0.25, 0.3) is 0 Å². The number of fused-ring (bicyclic) bond motifs is 4. The fourth-order valence-electron chi connectivity index (χ4n) is 6.68. The van der Waals surface area contributed by atoms with E-state index in [1.165, 1.54) is 38.5 Å². The van der Waals surface area contributed by atoms with Crippen LogP contribution in [-0.2, 0) is 4.79 Å². The molecule has 4 aliphatic rings. The predicted molar refractivity (Wildman–Crippen MR) is 111 cm³/mol. The number of aromatic nitrogens is 1. The lowest BCUT2D eigenvalue weighted by atomic mass is 9.69. The Labute approximate surface area is 173 Å². The Kier molecular flexibility index (Phi) is 5.31. The van der Waals surface area contributed by atoms with Crippen LogP contribution in [0.4, 0.5) is 0 Å². The maximum absolute atomic E-state index is 13.2. The third kappa shape index (κ3) is 3.69. The van der Waals surface area contributed by atoms with E-state index in [1.54, 1.807) is 12.4 Å². The molecule has 2 amide bonds. The van der Waals surface area contributed by atoms with Crippen LogP contribution in [0.3, 0.4) is 0 Å². The molecule has 0 spiro atoms. The maximum atomic E-state index is 13.2. The maximum Gasteiger partial charge on any atom is 0.255 e. The predicted octanol–water partition coefficient (Wildman–Crippen LogP) is 3.89. The second-order valence-electron chi connectivity index (χ2n) is 9.78. The Hall–Kier alpha value is -1.91. The molecular weight excluding hydrogens is 362 g/mol. The number of rotatable bonds is 3. The normalized spacial score (nSPS) is 32.8. The SMILES string of the molecule is O=C(c1cccnc1)N1C[C@H]2C[C@@H](C1)[C@H](CC1CCCCC1)N1C(=O)CCC[C@@H]21. The van der Waals surface area contributed by atoms with E-state index < -0.39 is 0 Å². The highest BCUT2D eigenvalue weighted by molar-refractivity contribution is 5.94. The molecule has 5 nitrogen and oxygen atoms in total. The molecule has 29 heavy (non-hydrogen) atoms. The van der Waals surface area contributed by atoms with Crippen molar-refractivity contribution in [3.8, 4) is 0 Å². The van der Waals surface area contributed by atoms with Gasteiger partial charge in [-0.2, -0.15) is 0 Å². The fourth-order valence-corrected chi connectivity index (χ4v) is 6.68. The first kappa shape index (κ1) is 19.1. The number of carbonyl (C=O) groups excluding carboxylic acids is 2. The van der Waals surface area contributed by atoms with Crippen LogP contribution in [-0.4, -0.2) is 51.8 Å². The summed E-state index contributed by atoms with van der Waals surface area (Å²) in [5.74, 6) is 2.10. The van der Waals surface area contributed by atoms with Crippen LogP contribution in [0.15, 0.2) is 24.5 Å². The van der Waals surface area contributed by atoms with Gasteiger partial charge in [-0.3, -0.25) is 14.6 Å². The highest BCUT2D eigenvalue weighted by atomic mass is 16.2. The number of hydrogen-bond donors (Lipinski definition) is 0. The first-order valence-electron chi connectivity index (χ1n) is 11.7. The van der Waals surface area contributed by atoms with Gasteiger partial charge >= 0.3 is 0 Å². The Bertz CT molecular complexity index is 746. The molecule has 1 aliphatic carbocycles. The van der Waals surface area contributed by atoms with Crippen molar-refractivity contribution in [1.29, 1.82) is 0 Å². The first-order valence-corrected chi connectivity index (χ1v) is 11.7. The third-order valence-electron chi connectivity index (χ3n) is 7.99. The Morgan fingerprint density at radius 3 is 2.69 bits per heavy atom. The molecular formula is C24H33N3O2. The van der Waals surface area contributed by atoms with Crippen molar-refractivity contribution in [2.24, 2.45) is 17.8 Å². The number of carbonyl (C=O) groups is 2. The van der Waals surface area contributed by atoms with E-state index in [9.17, 15) is 9.59 Å². The molecule has 156 valence electrons. The van der Waals surface area contributed by atoms with E-state index in [2.05, 4.69) is 14.8 Å². The van der Waals surface area contributed by atoms with E-state index in [4.69, 9.17) is 0 Å². The molecule has 5 rings (SSSR count). The van der Waals surface area contributed by atoms with Crippen LogP contribution < -0.4 is 0 Å². The van der Waals surface area contributed by atoms with E-state index in [1.807, 2.05) is 12.1 Å². The van der Waals surface area contributed by atoms with Gasteiger partial charge in [-0.25, -0.2) is 0 Å². The molecule has 0 unspecified atom stereocenters. The lowest BCUT2D eigenvalue weighted by Gasteiger charge is -2.57. The molecule has 4 atom stereocenters. The van der Waals surface area contributed by atoms with E-state index in [0.717, 1.165) is 44.7 Å². The molecule has 3 saturated heterocycles. The van der Waals surface area contributed by atoms with Gasteiger partial charge in [0.25, 0.3) is 5.91 Å². The van der Waals surface area contributed by atoms with Gasteiger partial charge in [-0.05, 0) is 55.6 Å². The number of hydrogen-bond acceptors (Lipinski definition) is 3. The first-order chi connectivity index (χ1) is 14.2. The summed E-state index contributed by atoms with van der Waals surface area (Å²) >= 11 is 0. The number of likely N-dealkylation sites (tertiary alicyclic amines) is 1. The van der Waals surface area contributed by atoms with Gasteiger partial charge in [-0.1, -0.05) is 32.1 Å². The van der Waals surface area contributed by atoms with Crippen molar-refractivity contribution in [2.75, 3.05) is 13.1 Å². The largest absolute Gasteiger partial charge is 0.338 e. The van der Waals surface area contributed by atoms with Gasteiger partial charge in [0.2, 0.25) is 5.91 Å². The second-order valence-corrected chi connectivity index (χ2v) is 9.78. The Morgan fingerprint density at radius 1 is 1.07 bits per heavy atom. The topological polar surface area (TPSA) is 53.5 Å². The van der Waals surface area contributed by atoms with Crippen molar-refractivity contribution < 1.29 is 9.59 Å².